The molecule has 1 saturated carbocycles. The SMILES string of the molecule is CSC1CC(=O)N(C2CCCCCCC2)C1=O. The number of thioether (sulfide) groups is 1. The quantitative estimate of drug-likeness (QED) is 0.712. The van der Waals surface area contributed by atoms with Crippen LogP contribution >= 0.6 is 11.8 Å². The first-order valence-electron chi connectivity index (χ1n) is 6.62. The molecule has 1 unspecified atom stereocenters. The summed E-state index contributed by atoms with van der Waals surface area (Å²) in [5.74, 6) is 0.119. The molecule has 0 spiro atoms. The molecular weight excluding hydrogens is 234 g/mol. The number of nitrogens with zero attached hydrogens (tertiary/aromatic N) is 1. The Labute approximate surface area is 107 Å². The van der Waals surface area contributed by atoms with Gasteiger partial charge in [0.1, 0.15) is 0 Å². The van der Waals surface area contributed by atoms with Crippen LogP contribution in [0.4, 0.5) is 0 Å². The van der Waals surface area contributed by atoms with E-state index in [1.807, 2.05) is 6.26 Å². The molecule has 0 aromatic carbocycles. The molecule has 0 N–H and O–H groups in total. The molecule has 1 aliphatic carbocycles. The van der Waals surface area contributed by atoms with Crippen molar-refractivity contribution in [2.75, 3.05) is 6.26 Å². The van der Waals surface area contributed by atoms with Crippen LogP contribution in [0.25, 0.3) is 0 Å². The van der Waals surface area contributed by atoms with Gasteiger partial charge in [-0.05, 0) is 19.1 Å². The van der Waals surface area contributed by atoms with Gasteiger partial charge in [-0.25, -0.2) is 0 Å². The van der Waals surface area contributed by atoms with Crippen LogP contribution in [0.2, 0.25) is 0 Å². The first-order chi connectivity index (χ1) is 8.24. The Kier molecular flexibility index (Phi) is 4.48. The summed E-state index contributed by atoms with van der Waals surface area (Å²) < 4.78 is 0. The first kappa shape index (κ1) is 12.9. The fourth-order valence-corrected chi connectivity index (χ4v) is 3.51. The Bertz CT molecular complexity index is 298. The van der Waals surface area contributed by atoms with E-state index in [0.29, 0.717) is 6.42 Å². The fourth-order valence-electron chi connectivity index (χ4n) is 2.88. The smallest absolute Gasteiger partial charge is 0.243 e. The lowest BCUT2D eigenvalue weighted by molar-refractivity contribution is -0.141. The van der Waals surface area contributed by atoms with Gasteiger partial charge < -0.3 is 0 Å². The van der Waals surface area contributed by atoms with Crippen molar-refractivity contribution in [3.8, 4) is 0 Å². The molecule has 0 aromatic heterocycles. The van der Waals surface area contributed by atoms with Gasteiger partial charge in [0.05, 0.1) is 5.25 Å². The third-order valence-corrected chi connectivity index (χ3v) is 4.80. The highest BCUT2D eigenvalue weighted by molar-refractivity contribution is 8.00. The molecule has 4 heteroatoms. The molecule has 1 saturated heterocycles. The molecule has 2 aliphatic rings. The van der Waals surface area contributed by atoms with E-state index in [4.69, 9.17) is 0 Å². The van der Waals surface area contributed by atoms with Gasteiger partial charge in [-0.2, -0.15) is 11.8 Å². The number of amides is 2. The minimum absolute atomic E-state index is 0.0555. The van der Waals surface area contributed by atoms with Crippen LogP contribution in [0, 0.1) is 0 Å². The maximum Gasteiger partial charge on any atom is 0.243 e. The number of hydrogen-bond acceptors (Lipinski definition) is 3. The van der Waals surface area contributed by atoms with Gasteiger partial charge in [0.25, 0.3) is 0 Å². The summed E-state index contributed by atoms with van der Waals surface area (Å²) in [4.78, 5) is 25.7. The second-order valence-corrected chi connectivity index (χ2v) is 6.07. The number of carbonyl (C=O) groups is 2. The highest BCUT2D eigenvalue weighted by atomic mass is 32.2. The van der Waals surface area contributed by atoms with Crippen molar-refractivity contribution in [3.63, 3.8) is 0 Å². The maximum atomic E-state index is 12.1. The lowest BCUT2D eigenvalue weighted by Gasteiger charge is -2.28. The van der Waals surface area contributed by atoms with Crippen molar-refractivity contribution in [1.82, 2.24) is 4.90 Å². The van der Waals surface area contributed by atoms with Crippen molar-refractivity contribution in [3.05, 3.63) is 0 Å². The summed E-state index contributed by atoms with van der Waals surface area (Å²) in [6.45, 7) is 0. The largest absolute Gasteiger partial charge is 0.278 e. The van der Waals surface area contributed by atoms with Crippen LogP contribution < -0.4 is 0 Å². The summed E-state index contributed by atoms with van der Waals surface area (Å²) in [7, 11) is 0. The molecular formula is C13H21NO2S. The third kappa shape index (κ3) is 2.84. The number of likely N-dealkylation sites (tertiary alicyclic amines) is 1. The molecule has 3 nitrogen and oxygen atoms in total. The van der Waals surface area contributed by atoms with Gasteiger partial charge in [-0.3, -0.25) is 14.5 Å². The van der Waals surface area contributed by atoms with E-state index >= 15 is 0 Å². The van der Waals surface area contributed by atoms with Gasteiger partial charge in [0.15, 0.2) is 0 Å². The van der Waals surface area contributed by atoms with E-state index in [-0.39, 0.29) is 23.1 Å². The van der Waals surface area contributed by atoms with E-state index in [0.717, 1.165) is 25.7 Å². The molecule has 2 fully saturated rings. The second kappa shape index (κ2) is 5.89. The summed E-state index contributed by atoms with van der Waals surface area (Å²) in [5, 5.41) is -0.118. The highest BCUT2D eigenvalue weighted by Crippen LogP contribution is 2.29. The monoisotopic (exact) mass is 255 g/mol. The Morgan fingerprint density at radius 2 is 1.65 bits per heavy atom. The van der Waals surface area contributed by atoms with E-state index in [2.05, 4.69) is 0 Å². The topological polar surface area (TPSA) is 37.4 Å². The van der Waals surface area contributed by atoms with Crippen molar-refractivity contribution in [1.29, 1.82) is 0 Å². The van der Waals surface area contributed by atoms with E-state index in [1.165, 1.54) is 31.0 Å². The van der Waals surface area contributed by atoms with Gasteiger partial charge in [-0.15, -0.1) is 0 Å². The predicted octanol–water partition coefficient (Wildman–Crippen LogP) is 2.59. The van der Waals surface area contributed by atoms with Crippen molar-refractivity contribution in [2.24, 2.45) is 0 Å². The molecule has 17 heavy (non-hydrogen) atoms. The Morgan fingerprint density at radius 1 is 1.06 bits per heavy atom. The van der Waals surface area contributed by atoms with Crippen molar-refractivity contribution >= 4 is 23.6 Å². The predicted molar refractivity (Wildman–Crippen MR) is 69.9 cm³/mol. The van der Waals surface area contributed by atoms with Crippen LogP contribution in [0.15, 0.2) is 0 Å². The number of rotatable bonds is 2. The van der Waals surface area contributed by atoms with Crippen LogP contribution in [0.5, 0.6) is 0 Å². The van der Waals surface area contributed by atoms with Crippen molar-refractivity contribution < 1.29 is 9.59 Å². The Balaban J connectivity index is 2.04. The van der Waals surface area contributed by atoms with E-state index < -0.39 is 0 Å². The van der Waals surface area contributed by atoms with Gasteiger partial charge in [0, 0.05) is 12.5 Å². The summed E-state index contributed by atoms with van der Waals surface area (Å²) in [5.41, 5.74) is 0. The number of carbonyl (C=O) groups excluding carboxylic acids is 2. The molecule has 0 radical (unpaired) electrons. The molecule has 96 valence electrons. The van der Waals surface area contributed by atoms with Gasteiger partial charge >= 0.3 is 0 Å². The lowest BCUT2D eigenvalue weighted by atomic mass is 9.96. The molecule has 1 aliphatic heterocycles. The van der Waals surface area contributed by atoms with E-state index in [9.17, 15) is 9.59 Å². The zero-order valence-corrected chi connectivity index (χ0v) is 11.3. The number of imide groups is 1. The number of hydrogen-bond donors (Lipinski definition) is 0. The highest BCUT2D eigenvalue weighted by Gasteiger charge is 2.41. The second-order valence-electron chi connectivity index (χ2n) is 5.03. The maximum absolute atomic E-state index is 12.1. The molecule has 2 rings (SSSR count). The zero-order valence-electron chi connectivity index (χ0n) is 10.5. The minimum atomic E-state index is -0.118. The third-order valence-electron chi connectivity index (χ3n) is 3.87. The Morgan fingerprint density at radius 3 is 2.18 bits per heavy atom. The average Bonchev–Trinajstić information content (AvgIpc) is 2.55. The average molecular weight is 255 g/mol. The summed E-state index contributed by atoms with van der Waals surface area (Å²) in [6, 6.07) is 0.187. The summed E-state index contributed by atoms with van der Waals surface area (Å²) >= 11 is 1.51. The molecule has 1 heterocycles. The van der Waals surface area contributed by atoms with E-state index in [1.54, 1.807) is 4.90 Å². The lowest BCUT2D eigenvalue weighted by Crippen LogP contribution is -2.41. The normalized spacial score (nSPS) is 28.3. The first-order valence-corrected chi connectivity index (χ1v) is 7.91. The molecule has 1 atom stereocenters. The minimum Gasteiger partial charge on any atom is -0.278 e. The zero-order chi connectivity index (χ0) is 12.3. The fraction of sp³-hybridized carbons (Fsp3) is 0.846. The van der Waals surface area contributed by atoms with Gasteiger partial charge in [-0.1, -0.05) is 32.1 Å². The molecule has 0 bridgehead atoms. The van der Waals surface area contributed by atoms with Crippen LogP contribution in [0.3, 0.4) is 0 Å². The van der Waals surface area contributed by atoms with Crippen LogP contribution in [-0.4, -0.2) is 34.3 Å². The molecule has 2 amide bonds. The Hall–Kier alpha value is -0.510. The van der Waals surface area contributed by atoms with Crippen LogP contribution in [-0.2, 0) is 9.59 Å². The summed E-state index contributed by atoms with van der Waals surface area (Å²) in [6.07, 6.45) is 10.5. The van der Waals surface area contributed by atoms with Gasteiger partial charge in [0.2, 0.25) is 11.8 Å². The standard InChI is InChI=1S/C13H21NO2S/c1-17-11-9-12(15)14(13(11)16)10-7-5-3-2-4-6-8-10/h10-11H,2-9H2,1H3. The molecule has 0 aromatic rings. The van der Waals surface area contributed by atoms with Crippen molar-refractivity contribution in [2.45, 2.75) is 62.7 Å². The van der Waals surface area contributed by atoms with Crippen LogP contribution in [0.1, 0.15) is 51.4 Å².